The number of pyridine rings is 1. The molecule has 2 heterocycles. The average Bonchev–Trinajstić information content (AvgIpc) is 3.03. The zero-order valence-corrected chi connectivity index (χ0v) is 9.00. The zero-order chi connectivity index (χ0) is 10.3. The van der Waals surface area contributed by atoms with Crippen molar-refractivity contribution in [1.82, 2.24) is 9.97 Å². The van der Waals surface area contributed by atoms with Crippen molar-refractivity contribution in [3.8, 4) is 11.4 Å². The Kier molecular flexibility index (Phi) is 1.95. The summed E-state index contributed by atoms with van der Waals surface area (Å²) in [7, 11) is 0. The number of nitrogens with zero attached hydrogens (tertiary/aromatic N) is 2. The van der Waals surface area contributed by atoms with Gasteiger partial charge < -0.3 is 5.73 Å². The molecule has 1 aliphatic rings. The smallest absolute Gasteiger partial charge is 0.180 e. The lowest BCUT2D eigenvalue weighted by atomic mass is 10.2. The summed E-state index contributed by atoms with van der Waals surface area (Å²) < 4.78 is 0. The summed E-state index contributed by atoms with van der Waals surface area (Å²) in [5.74, 6) is 0.678. The van der Waals surface area contributed by atoms with Crippen molar-refractivity contribution in [3.63, 3.8) is 0 Å². The third-order valence-corrected chi connectivity index (χ3v) is 3.57. The third kappa shape index (κ3) is 1.61. The molecule has 2 N–H and O–H groups in total. The molecule has 4 heteroatoms. The van der Waals surface area contributed by atoms with Crippen LogP contribution in [0, 0.1) is 0 Å². The van der Waals surface area contributed by atoms with Crippen LogP contribution in [0.1, 0.15) is 23.6 Å². The van der Waals surface area contributed by atoms with E-state index in [0.717, 1.165) is 11.4 Å². The molecule has 0 atom stereocenters. The SMILES string of the molecule is Nc1nc(-c2ccccn2)c(C2CC2)s1. The first-order valence-corrected chi connectivity index (χ1v) is 5.84. The zero-order valence-electron chi connectivity index (χ0n) is 8.18. The first kappa shape index (κ1) is 8.85. The predicted molar refractivity (Wildman–Crippen MR) is 61.7 cm³/mol. The van der Waals surface area contributed by atoms with Crippen molar-refractivity contribution < 1.29 is 0 Å². The normalized spacial score (nSPS) is 15.5. The fourth-order valence-corrected chi connectivity index (χ4v) is 2.67. The minimum absolute atomic E-state index is 0.651. The summed E-state index contributed by atoms with van der Waals surface area (Å²) in [6.07, 6.45) is 4.32. The number of aromatic nitrogens is 2. The molecular weight excluding hydrogens is 206 g/mol. The molecule has 0 bridgehead atoms. The predicted octanol–water partition coefficient (Wildman–Crippen LogP) is 2.66. The van der Waals surface area contributed by atoms with Gasteiger partial charge in [-0.3, -0.25) is 4.98 Å². The van der Waals surface area contributed by atoms with Crippen LogP contribution >= 0.6 is 11.3 Å². The standard InChI is InChI=1S/C11H11N3S/c12-11-14-9(8-3-1-2-6-13-8)10(15-11)7-4-5-7/h1-3,6-7H,4-5H2,(H2,12,14). The monoisotopic (exact) mass is 217 g/mol. The fraction of sp³-hybridized carbons (Fsp3) is 0.273. The van der Waals surface area contributed by atoms with Crippen LogP contribution in [0.15, 0.2) is 24.4 Å². The van der Waals surface area contributed by atoms with E-state index in [1.54, 1.807) is 17.5 Å². The number of nitrogen functional groups attached to an aromatic ring is 1. The fourth-order valence-electron chi connectivity index (χ4n) is 1.66. The van der Waals surface area contributed by atoms with Crippen LogP contribution in [0.4, 0.5) is 5.13 Å². The van der Waals surface area contributed by atoms with Crippen LogP contribution in [0.3, 0.4) is 0 Å². The first-order valence-electron chi connectivity index (χ1n) is 5.02. The van der Waals surface area contributed by atoms with E-state index in [4.69, 9.17) is 5.73 Å². The number of nitrogens with two attached hydrogens (primary N) is 1. The van der Waals surface area contributed by atoms with Crippen molar-refractivity contribution in [3.05, 3.63) is 29.3 Å². The number of hydrogen-bond donors (Lipinski definition) is 1. The van der Waals surface area contributed by atoms with Crippen LogP contribution in [-0.2, 0) is 0 Å². The third-order valence-electron chi connectivity index (χ3n) is 2.53. The average molecular weight is 217 g/mol. The van der Waals surface area contributed by atoms with Gasteiger partial charge in [0.1, 0.15) is 5.69 Å². The second-order valence-corrected chi connectivity index (χ2v) is 4.82. The number of thiazole rings is 1. The van der Waals surface area contributed by atoms with Crippen LogP contribution in [-0.4, -0.2) is 9.97 Å². The van der Waals surface area contributed by atoms with Gasteiger partial charge in [-0.25, -0.2) is 4.98 Å². The number of hydrogen-bond acceptors (Lipinski definition) is 4. The topological polar surface area (TPSA) is 51.8 Å². The Balaban J connectivity index is 2.10. The van der Waals surface area contributed by atoms with E-state index >= 15 is 0 Å². The summed E-state index contributed by atoms with van der Waals surface area (Å²) >= 11 is 1.61. The Bertz CT molecular complexity index is 474. The molecule has 0 saturated heterocycles. The van der Waals surface area contributed by atoms with Gasteiger partial charge in [-0.15, -0.1) is 11.3 Å². The van der Waals surface area contributed by atoms with Crippen molar-refractivity contribution >= 4 is 16.5 Å². The molecule has 0 radical (unpaired) electrons. The van der Waals surface area contributed by atoms with E-state index in [1.165, 1.54) is 17.7 Å². The van der Waals surface area contributed by atoms with Gasteiger partial charge >= 0.3 is 0 Å². The molecule has 1 saturated carbocycles. The van der Waals surface area contributed by atoms with Crippen molar-refractivity contribution in [2.45, 2.75) is 18.8 Å². The molecule has 3 rings (SSSR count). The minimum Gasteiger partial charge on any atom is -0.375 e. The highest BCUT2D eigenvalue weighted by Gasteiger charge is 2.29. The largest absolute Gasteiger partial charge is 0.375 e. The number of rotatable bonds is 2. The Labute approximate surface area is 92.0 Å². The van der Waals surface area contributed by atoms with Crippen LogP contribution < -0.4 is 5.73 Å². The van der Waals surface area contributed by atoms with E-state index in [0.29, 0.717) is 11.0 Å². The second kappa shape index (κ2) is 3.31. The van der Waals surface area contributed by atoms with Gasteiger partial charge in [0.15, 0.2) is 5.13 Å². The van der Waals surface area contributed by atoms with Gasteiger partial charge in [0.05, 0.1) is 5.69 Å². The molecule has 76 valence electrons. The highest BCUT2D eigenvalue weighted by molar-refractivity contribution is 7.16. The maximum Gasteiger partial charge on any atom is 0.180 e. The molecule has 1 aliphatic carbocycles. The summed E-state index contributed by atoms with van der Waals surface area (Å²) in [6, 6.07) is 5.88. The molecule has 0 unspecified atom stereocenters. The first-order chi connectivity index (χ1) is 7.34. The van der Waals surface area contributed by atoms with E-state index in [1.807, 2.05) is 18.2 Å². The van der Waals surface area contributed by atoms with Crippen LogP contribution in [0.5, 0.6) is 0 Å². The Morgan fingerprint density at radius 1 is 1.33 bits per heavy atom. The molecule has 0 amide bonds. The van der Waals surface area contributed by atoms with E-state index in [9.17, 15) is 0 Å². The lowest BCUT2D eigenvalue weighted by Gasteiger charge is -1.98. The Morgan fingerprint density at radius 2 is 2.20 bits per heavy atom. The van der Waals surface area contributed by atoms with Crippen LogP contribution in [0.25, 0.3) is 11.4 Å². The van der Waals surface area contributed by atoms with Gasteiger partial charge in [0.2, 0.25) is 0 Å². The Morgan fingerprint density at radius 3 is 2.87 bits per heavy atom. The van der Waals surface area contributed by atoms with Gasteiger partial charge in [-0.1, -0.05) is 6.07 Å². The lowest BCUT2D eigenvalue weighted by Crippen LogP contribution is -1.87. The summed E-state index contributed by atoms with van der Waals surface area (Å²) in [6.45, 7) is 0. The molecule has 0 aromatic carbocycles. The number of anilines is 1. The van der Waals surface area contributed by atoms with E-state index < -0.39 is 0 Å². The molecule has 0 spiro atoms. The van der Waals surface area contributed by atoms with Gasteiger partial charge in [-0.2, -0.15) is 0 Å². The quantitative estimate of drug-likeness (QED) is 0.841. The second-order valence-electron chi connectivity index (χ2n) is 3.75. The minimum atomic E-state index is 0.651. The summed E-state index contributed by atoms with van der Waals surface area (Å²) in [4.78, 5) is 10.0. The van der Waals surface area contributed by atoms with E-state index in [-0.39, 0.29) is 0 Å². The van der Waals surface area contributed by atoms with Crippen LogP contribution in [0.2, 0.25) is 0 Å². The molecule has 0 aliphatic heterocycles. The highest BCUT2D eigenvalue weighted by atomic mass is 32.1. The summed E-state index contributed by atoms with van der Waals surface area (Å²) in [5, 5.41) is 0.651. The maximum absolute atomic E-state index is 5.76. The summed E-state index contributed by atoms with van der Waals surface area (Å²) in [5.41, 5.74) is 7.69. The molecule has 2 aromatic rings. The van der Waals surface area contributed by atoms with Gasteiger partial charge in [0, 0.05) is 11.1 Å². The lowest BCUT2D eigenvalue weighted by molar-refractivity contribution is 1.15. The molecule has 15 heavy (non-hydrogen) atoms. The maximum atomic E-state index is 5.76. The van der Waals surface area contributed by atoms with Crippen molar-refractivity contribution in [2.24, 2.45) is 0 Å². The Hall–Kier alpha value is -1.42. The van der Waals surface area contributed by atoms with E-state index in [2.05, 4.69) is 9.97 Å². The van der Waals surface area contributed by atoms with Crippen molar-refractivity contribution in [2.75, 3.05) is 5.73 Å². The molecule has 1 fully saturated rings. The van der Waals surface area contributed by atoms with Gasteiger partial charge in [-0.05, 0) is 30.9 Å². The van der Waals surface area contributed by atoms with Gasteiger partial charge in [0.25, 0.3) is 0 Å². The molecular formula is C11H11N3S. The highest BCUT2D eigenvalue weighted by Crippen LogP contribution is 2.47. The molecule has 2 aromatic heterocycles. The molecule has 3 nitrogen and oxygen atoms in total. The van der Waals surface area contributed by atoms with Crippen molar-refractivity contribution in [1.29, 1.82) is 0 Å².